The molecule has 0 atom stereocenters. The van der Waals surface area contributed by atoms with E-state index in [1.807, 2.05) is 13.0 Å². The molecule has 0 fully saturated rings. The van der Waals surface area contributed by atoms with E-state index in [-0.39, 0.29) is 5.65 Å². The van der Waals surface area contributed by atoms with Crippen LogP contribution >= 0.6 is 0 Å². The van der Waals surface area contributed by atoms with Crippen LogP contribution in [0.3, 0.4) is 0 Å². The number of rotatable bonds is 2. The summed E-state index contributed by atoms with van der Waals surface area (Å²) in [6, 6.07) is 7.63. The fourth-order valence-electron chi connectivity index (χ4n) is 2.58. The Morgan fingerprint density at radius 1 is 1.33 bits per heavy atom. The van der Waals surface area contributed by atoms with Crippen molar-refractivity contribution in [2.45, 2.75) is 19.5 Å². The van der Waals surface area contributed by atoms with Gasteiger partial charge >= 0.3 is 6.18 Å². The number of aromatic amines is 1. The number of hydrogen-bond donors (Lipinski definition) is 1. The summed E-state index contributed by atoms with van der Waals surface area (Å²) >= 11 is 0. The van der Waals surface area contributed by atoms with Crippen molar-refractivity contribution in [1.82, 2.24) is 14.8 Å². The molecule has 0 aliphatic rings. The minimum Gasteiger partial charge on any atom is -0.346 e. The van der Waals surface area contributed by atoms with Crippen molar-refractivity contribution in [2.75, 3.05) is 0 Å². The van der Waals surface area contributed by atoms with Crippen LogP contribution < -0.4 is 5.43 Å². The van der Waals surface area contributed by atoms with E-state index in [4.69, 9.17) is 5.26 Å². The zero-order chi connectivity index (χ0) is 17.5. The van der Waals surface area contributed by atoms with Gasteiger partial charge in [-0.05, 0) is 30.2 Å². The Hall–Kier alpha value is -3.08. The molecule has 5 nitrogen and oxygen atoms in total. The lowest BCUT2D eigenvalue weighted by atomic mass is 10.1. The van der Waals surface area contributed by atoms with Crippen molar-refractivity contribution in [2.24, 2.45) is 0 Å². The highest BCUT2D eigenvalue weighted by molar-refractivity contribution is 5.80. The summed E-state index contributed by atoms with van der Waals surface area (Å²) < 4.78 is 40.8. The summed E-state index contributed by atoms with van der Waals surface area (Å²) in [6.45, 7) is 1.82. The van der Waals surface area contributed by atoms with Crippen LogP contribution in [0.4, 0.5) is 13.2 Å². The summed E-state index contributed by atoms with van der Waals surface area (Å²) in [5.74, 6) is 0. The second-order valence-corrected chi connectivity index (χ2v) is 5.13. The maximum Gasteiger partial charge on any atom is 0.436 e. The third kappa shape index (κ3) is 2.44. The largest absolute Gasteiger partial charge is 0.436 e. The molecule has 0 aliphatic carbocycles. The molecule has 0 aliphatic heterocycles. The number of halogens is 3. The van der Waals surface area contributed by atoms with Gasteiger partial charge in [-0.2, -0.15) is 23.5 Å². The van der Waals surface area contributed by atoms with Gasteiger partial charge in [0.05, 0.1) is 22.7 Å². The number of H-pyrrole nitrogens is 1. The van der Waals surface area contributed by atoms with Crippen molar-refractivity contribution in [3.63, 3.8) is 0 Å². The highest BCUT2D eigenvalue weighted by atomic mass is 19.4. The van der Waals surface area contributed by atoms with E-state index in [0.717, 1.165) is 10.7 Å². The highest BCUT2D eigenvalue weighted by Gasteiger charge is 2.38. The molecule has 0 bridgehead atoms. The van der Waals surface area contributed by atoms with Crippen LogP contribution in [-0.2, 0) is 12.6 Å². The number of alkyl halides is 3. The minimum atomic E-state index is -4.75. The normalized spacial score (nSPS) is 11.6. The Bertz CT molecular complexity index is 1020. The molecule has 2 aromatic heterocycles. The van der Waals surface area contributed by atoms with E-state index in [0.29, 0.717) is 23.2 Å². The van der Waals surface area contributed by atoms with Crippen molar-refractivity contribution < 1.29 is 13.2 Å². The lowest BCUT2D eigenvalue weighted by Gasteiger charge is -2.09. The first-order valence-corrected chi connectivity index (χ1v) is 7.07. The average Bonchev–Trinajstić information content (AvgIpc) is 2.95. The number of aryl methyl sites for hydroxylation is 1. The molecule has 0 spiro atoms. The molecule has 24 heavy (non-hydrogen) atoms. The van der Waals surface area contributed by atoms with Gasteiger partial charge in [0, 0.05) is 12.3 Å². The van der Waals surface area contributed by atoms with Gasteiger partial charge in [0.15, 0.2) is 11.1 Å². The van der Waals surface area contributed by atoms with E-state index < -0.39 is 22.7 Å². The number of nitrogens with one attached hydrogen (secondary N) is 1. The second kappa shape index (κ2) is 5.53. The van der Waals surface area contributed by atoms with Gasteiger partial charge in [-0.3, -0.25) is 4.79 Å². The maximum atomic E-state index is 13.3. The maximum absolute atomic E-state index is 13.3. The number of benzene rings is 1. The number of aromatic nitrogens is 3. The Balaban J connectivity index is 2.39. The van der Waals surface area contributed by atoms with E-state index in [2.05, 4.69) is 10.1 Å². The molecule has 2 heterocycles. The van der Waals surface area contributed by atoms with Gasteiger partial charge in [-0.1, -0.05) is 6.92 Å². The van der Waals surface area contributed by atoms with Gasteiger partial charge < -0.3 is 4.98 Å². The van der Waals surface area contributed by atoms with Crippen LogP contribution in [0.2, 0.25) is 0 Å². The molecule has 3 aromatic rings. The lowest BCUT2D eigenvalue weighted by molar-refractivity contribution is -0.140. The fraction of sp³-hybridized carbons (Fsp3) is 0.188. The third-order valence-electron chi connectivity index (χ3n) is 3.67. The van der Waals surface area contributed by atoms with Gasteiger partial charge in [0.1, 0.15) is 5.65 Å². The SMILES string of the molecule is CCc1cc(C#N)ccc1-n1nc(C(F)(F)F)c2c(=O)cc[nH]c21. The fourth-order valence-corrected chi connectivity index (χ4v) is 2.58. The van der Waals surface area contributed by atoms with Gasteiger partial charge in [0.2, 0.25) is 0 Å². The predicted octanol–water partition coefficient (Wildman–Crippen LogP) is 3.17. The smallest absolute Gasteiger partial charge is 0.346 e. The molecule has 1 aromatic carbocycles. The molecule has 0 unspecified atom stereocenters. The third-order valence-corrected chi connectivity index (χ3v) is 3.67. The Morgan fingerprint density at radius 3 is 2.71 bits per heavy atom. The average molecular weight is 332 g/mol. The Labute approximate surface area is 134 Å². The van der Waals surface area contributed by atoms with Crippen LogP contribution in [0.5, 0.6) is 0 Å². The number of fused-ring (bicyclic) bond motifs is 1. The zero-order valence-electron chi connectivity index (χ0n) is 12.5. The van der Waals surface area contributed by atoms with Crippen molar-refractivity contribution in [3.8, 4) is 11.8 Å². The first kappa shape index (κ1) is 15.8. The van der Waals surface area contributed by atoms with Crippen molar-refractivity contribution in [3.05, 3.63) is 57.5 Å². The van der Waals surface area contributed by atoms with E-state index in [1.54, 1.807) is 6.07 Å². The summed E-state index contributed by atoms with van der Waals surface area (Å²) in [6.07, 6.45) is -2.99. The molecule has 0 saturated carbocycles. The highest BCUT2D eigenvalue weighted by Crippen LogP contribution is 2.33. The standard InChI is InChI=1S/C16H11F3N4O/c1-2-10-7-9(8-20)3-4-11(10)23-15-13(12(24)5-6-21-15)14(22-23)16(17,18)19/h3-7H,2H2,1H3,(H,21,24). The van der Waals surface area contributed by atoms with E-state index >= 15 is 0 Å². The van der Waals surface area contributed by atoms with E-state index in [1.165, 1.54) is 18.3 Å². The molecule has 0 radical (unpaired) electrons. The second-order valence-electron chi connectivity index (χ2n) is 5.13. The summed E-state index contributed by atoms with van der Waals surface area (Å²) in [4.78, 5) is 14.6. The molecule has 8 heteroatoms. The molecular weight excluding hydrogens is 321 g/mol. The van der Waals surface area contributed by atoms with Crippen LogP contribution in [0.25, 0.3) is 16.7 Å². The van der Waals surface area contributed by atoms with Crippen LogP contribution in [0, 0.1) is 11.3 Å². The lowest BCUT2D eigenvalue weighted by Crippen LogP contribution is -2.11. The number of nitriles is 1. The summed E-state index contributed by atoms with van der Waals surface area (Å²) in [7, 11) is 0. The molecule has 1 N–H and O–H groups in total. The van der Waals surface area contributed by atoms with Crippen LogP contribution in [0.15, 0.2) is 35.3 Å². The zero-order valence-corrected chi connectivity index (χ0v) is 12.5. The van der Waals surface area contributed by atoms with Gasteiger partial charge in [-0.25, -0.2) is 4.68 Å². The topological polar surface area (TPSA) is 74.5 Å². The monoisotopic (exact) mass is 332 g/mol. The Morgan fingerprint density at radius 2 is 2.08 bits per heavy atom. The van der Waals surface area contributed by atoms with Gasteiger partial charge in [0.25, 0.3) is 0 Å². The first-order chi connectivity index (χ1) is 11.4. The molecule has 0 saturated heterocycles. The van der Waals surface area contributed by atoms with Crippen LogP contribution in [-0.4, -0.2) is 14.8 Å². The first-order valence-electron chi connectivity index (χ1n) is 7.07. The van der Waals surface area contributed by atoms with Crippen molar-refractivity contribution in [1.29, 1.82) is 5.26 Å². The quantitative estimate of drug-likeness (QED) is 0.783. The van der Waals surface area contributed by atoms with Gasteiger partial charge in [-0.15, -0.1) is 0 Å². The van der Waals surface area contributed by atoms with Crippen molar-refractivity contribution >= 4 is 11.0 Å². The summed E-state index contributed by atoms with van der Waals surface area (Å²) in [5.41, 5.74) is -0.582. The van der Waals surface area contributed by atoms with E-state index in [9.17, 15) is 18.0 Å². The Kier molecular flexibility index (Phi) is 3.64. The molecule has 3 rings (SSSR count). The minimum absolute atomic E-state index is 0.0331. The summed E-state index contributed by atoms with van der Waals surface area (Å²) in [5, 5.41) is 12.1. The molecule has 122 valence electrons. The molecule has 0 amide bonds. The number of hydrogen-bond acceptors (Lipinski definition) is 3. The van der Waals surface area contributed by atoms with Crippen LogP contribution in [0.1, 0.15) is 23.7 Å². The molecular formula is C16H11F3N4O. The number of nitrogens with zero attached hydrogens (tertiary/aromatic N) is 3. The number of pyridine rings is 1. The predicted molar refractivity (Wildman–Crippen MR) is 80.8 cm³/mol.